The second-order valence-electron chi connectivity index (χ2n) is 29.6. The molecule has 14 rings (SSSR count). The molecule has 0 amide bonds. The molecule has 1 aliphatic heterocycles. The number of hydrogen-bond donors (Lipinski definition) is 0. The summed E-state index contributed by atoms with van der Waals surface area (Å²) >= 11 is 0. The highest BCUT2D eigenvalue weighted by atomic mass is 16.5. The molecule has 17 atom stereocenters. The molecule has 3 heteroatoms. The summed E-state index contributed by atoms with van der Waals surface area (Å²) in [5, 5.41) is 0. The van der Waals surface area contributed by atoms with E-state index in [2.05, 4.69) is 196 Å². The Morgan fingerprint density at radius 1 is 0.671 bits per heavy atom. The van der Waals surface area contributed by atoms with Gasteiger partial charge in [0.05, 0.1) is 18.2 Å². The van der Waals surface area contributed by atoms with Crippen LogP contribution in [0.2, 0.25) is 0 Å². The third kappa shape index (κ3) is 10.7. The average Bonchev–Trinajstić information content (AvgIpc) is 1.64. The number of allylic oxidation sites excluding steroid dienone is 29. The molecule has 13 aliphatic carbocycles. The molecule has 0 radical (unpaired) electrons. The highest BCUT2D eigenvalue weighted by Gasteiger charge is 2.66. The highest BCUT2D eigenvalue weighted by molar-refractivity contribution is 5.54. The molecular formula is C82H102N2O. The van der Waals surface area contributed by atoms with E-state index in [1.54, 1.807) is 33.7 Å². The van der Waals surface area contributed by atoms with Gasteiger partial charge in [0.25, 0.3) is 0 Å². The van der Waals surface area contributed by atoms with Crippen LogP contribution in [0.4, 0.5) is 0 Å². The summed E-state index contributed by atoms with van der Waals surface area (Å²) in [6.07, 6.45) is 92.6. The van der Waals surface area contributed by atoms with Crippen LogP contribution in [0.3, 0.4) is 0 Å². The fourth-order valence-corrected chi connectivity index (χ4v) is 20.4. The smallest absolute Gasteiger partial charge is 0.0760 e. The molecule has 3 nitrogen and oxygen atoms in total. The predicted octanol–water partition coefficient (Wildman–Crippen LogP) is 20.7. The van der Waals surface area contributed by atoms with E-state index in [-0.39, 0.29) is 16.9 Å². The molecule has 0 spiro atoms. The van der Waals surface area contributed by atoms with Gasteiger partial charge in [0.1, 0.15) is 0 Å². The van der Waals surface area contributed by atoms with E-state index in [0.29, 0.717) is 89.2 Å². The Morgan fingerprint density at radius 2 is 1.59 bits per heavy atom. The first-order valence-electron chi connectivity index (χ1n) is 34.8. The van der Waals surface area contributed by atoms with Crippen molar-refractivity contribution in [1.29, 1.82) is 0 Å². The monoisotopic (exact) mass is 1130 g/mol. The van der Waals surface area contributed by atoms with Crippen LogP contribution in [0.1, 0.15) is 169 Å². The van der Waals surface area contributed by atoms with Gasteiger partial charge in [0.15, 0.2) is 0 Å². The Labute approximate surface area is 514 Å². The molecule has 0 saturated heterocycles. The molecular weight excluding hydrogens is 1030 g/mol. The van der Waals surface area contributed by atoms with Crippen LogP contribution in [0.15, 0.2) is 227 Å². The van der Waals surface area contributed by atoms with Gasteiger partial charge >= 0.3 is 0 Å². The topological polar surface area (TPSA) is 15.7 Å². The Kier molecular flexibility index (Phi) is 16.4. The third-order valence-electron chi connectivity index (χ3n) is 24.9. The molecule has 1 saturated carbocycles. The fourth-order valence-electron chi connectivity index (χ4n) is 20.4. The summed E-state index contributed by atoms with van der Waals surface area (Å²) < 4.78 is 7.00. The van der Waals surface area contributed by atoms with Gasteiger partial charge in [0, 0.05) is 40.7 Å². The standard InChI is InChI=1S/C82H102N2O/c1-7-57-25-29-59(30-26-57)61-33-49-79-74(52-61)75-53-62(34-50-80(75)84(79)66-19-13-10-14-20-66)60-31-39-67(40-32-60)83(68-41-35-64(36-42-68)81(5,6)63-17-11-9-12-18-63)69-43-48-73-72-21-15-16-22-76(72)82(78(73)54-69,77-51-55(3)23-24-56(77)4)65-37-46-71(47-38-65)85-70-44-27-58(8-2)28-45-70/h7-8,11,13,16-17,19-20,22-27,29,33,35-37,39,41,43,46,48-49,53,55-56,59-60,63,65,68-74,76-78H,1-2,9-10,12,14-15,18,21,28,30-32,34,38,40,42,44-45,47,50-52,54H2,3-6H3. The van der Waals surface area contributed by atoms with E-state index in [0.717, 1.165) is 77.0 Å². The van der Waals surface area contributed by atoms with Gasteiger partial charge in [-0.3, -0.25) is 0 Å². The zero-order valence-corrected chi connectivity index (χ0v) is 52.5. The molecule has 0 aromatic carbocycles. The van der Waals surface area contributed by atoms with Crippen molar-refractivity contribution in [3.63, 3.8) is 0 Å². The van der Waals surface area contributed by atoms with Gasteiger partial charge < -0.3 is 14.5 Å². The first-order chi connectivity index (χ1) is 41.6. The van der Waals surface area contributed by atoms with Crippen molar-refractivity contribution in [3.8, 4) is 0 Å². The predicted molar refractivity (Wildman–Crippen MR) is 356 cm³/mol. The van der Waals surface area contributed by atoms with E-state index in [4.69, 9.17) is 4.74 Å². The number of nitrogens with zero attached hydrogens (tertiary/aromatic N) is 2. The van der Waals surface area contributed by atoms with Gasteiger partial charge in [-0.15, -0.1) is 0 Å². The molecule has 0 aromatic heterocycles. The van der Waals surface area contributed by atoms with Crippen LogP contribution in [0.25, 0.3) is 0 Å². The maximum atomic E-state index is 7.00. The van der Waals surface area contributed by atoms with Crippen molar-refractivity contribution in [2.45, 2.75) is 193 Å². The van der Waals surface area contributed by atoms with Crippen LogP contribution in [-0.4, -0.2) is 34.1 Å². The molecule has 0 bridgehead atoms. The van der Waals surface area contributed by atoms with Crippen molar-refractivity contribution in [2.24, 2.45) is 81.8 Å². The number of fused-ring (bicyclic) bond motifs is 5. The lowest BCUT2D eigenvalue weighted by atomic mass is 9.48. The fraction of sp³-hybridized carbons (Fsp3) is 0.537. The zero-order valence-electron chi connectivity index (χ0n) is 52.5. The van der Waals surface area contributed by atoms with Crippen molar-refractivity contribution in [3.05, 3.63) is 227 Å². The van der Waals surface area contributed by atoms with Gasteiger partial charge in [0.2, 0.25) is 0 Å². The number of rotatable bonds is 14. The van der Waals surface area contributed by atoms with E-state index in [9.17, 15) is 0 Å². The van der Waals surface area contributed by atoms with E-state index in [1.807, 2.05) is 12.2 Å². The van der Waals surface area contributed by atoms with E-state index in [1.165, 1.54) is 86.7 Å². The van der Waals surface area contributed by atoms with Gasteiger partial charge in [-0.2, -0.15) is 0 Å². The second kappa shape index (κ2) is 24.3. The van der Waals surface area contributed by atoms with Crippen molar-refractivity contribution < 1.29 is 4.74 Å². The van der Waals surface area contributed by atoms with Crippen molar-refractivity contribution in [1.82, 2.24) is 9.80 Å². The lowest BCUT2D eigenvalue weighted by Crippen LogP contribution is -2.53. The average molecular weight is 1130 g/mol. The summed E-state index contributed by atoms with van der Waals surface area (Å²) in [5.74, 6) is 7.02. The van der Waals surface area contributed by atoms with Crippen molar-refractivity contribution >= 4 is 0 Å². The summed E-state index contributed by atoms with van der Waals surface area (Å²) in [6, 6.07) is 0.716. The second-order valence-corrected chi connectivity index (χ2v) is 29.6. The van der Waals surface area contributed by atoms with Crippen LogP contribution in [0.5, 0.6) is 0 Å². The molecule has 17 unspecified atom stereocenters. The summed E-state index contributed by atoms with van der Waals surface area (Å²) in [7, 11) is 0. The third-order valence-corrected chi connectivity index (χ3v) is 24.9. The lowest BCUT2D eigenvalue weighted by Gasteiger charge is -2.57. The van der Waals surface area contributed by atoms with Crippen molar-refractivity contribution in [2.75, 3.05) is 0 Å². The van der Waals surface area contributed by atoms with Gasteiger partial charge in [-0.05, 0) is 240 Å². The molecule has 0 N–H and O–H groups in total. The minimum Gasteiger partial charge on any atom is -0.371 e. The van der Waals surface area contributed by atoms with Crippen LogP contribution in [0, 0.1) is 81.8 Å². The van der Waals surface area contributed by atoms with E-state index >= 15 is 0 Å². The normalized spacial score (nSPS) is 39.3. The van der Waals surface area contributed by atoms with Gasteiger partial charge in [-0.1, -0.05) is 203 Å². The number of ether oxygens (including phenoxy) is 1. The first kappa shape index (κ1) is 57.4. The molecule has 0 aromatic rings. The Bertz CT molecular complexity index is 3170. The number of hydrogen-bond acceptors (Lipinski definition) is 3. The largest absolute Gasteiger partial charge is 0.371 e. The maximum Gasteiger partial charge on any atom is 0.0760 e. The molecule has 85 heavy (non-hydrogen) atoms. The van der Waals surface area contributed by atoms with E-state index < -0.39 is 0 Å². The summed E-state index contributed by atoms with van der Waals surface area (Å²) in [4.78, 5) is 5.76. The minimum atomic E-state index is 0.128. The van der Waals surface area contributed by atoms with Crippen LogP contribution < -0.4 is 0 Å². The molecule has 446 valence electrons. The first-order valence-corrected chi connectivity index (χ1v) is 34.8. The molecule has 1 fully saturated rings. The maximum absolute atomic E-state index is 7.00. The molecule has 14 aliphatic rings. The van der Waals surface area contributed by atoms with Crippen LogP contribution >= 0.6 is 0 Å². The Balaban J connectivity index is 0.786. The lowest BCUT2D eigenvalue weighted by molar-refractivity contribution is -0.0535. The summed E-state index contributed by atoms with van der Waals surface area (Å²) in [6.45, 7) is 18.3. The van der Waals surface area contributed by atoms with Crippen LogP contribution in [-0.2, 0) is 4.74 Å². The Hall–Kier alpha value is -5.38. The SMILES string of the molecule is C=CC1=CCC(C2=CC=C3C(C2)C2=C(CCC(C4CC=C(N(C5C=CC(C(C)(C)C6C=CCCC6)=CC5)C5C=CC6C7CCC=CC7C(C7C=CC(OC8CC=C(C=C)CC8)CC7)(C7CC(C)C=CC7C)C6C5)CC4)=C2)N3C2=CCCC=C2)C=C1. The minimum absolute atomic E-state index is 0.128. The Morgan fingerprint density at radius 3 is 2.33 bits per heavy atom. The quantitative estimate of drug-likeness (QED) is 0.161. The van der Waals surface area contributed by atoms with Gasteiger partial charge in [-0.25, -0.2) is 0 Å². The summed E-state index contributed by atoms with van der Waals surface area (Å²) in [5.41, 5.74) is 15.5. The highest BCUT2D eigenvalue weighted by Crippen LogP contribution is 2.71. The zero-order chi connectivity index (χ0) is 57.8. The molecule has 1 heterocycles.